The Morgan fingerprint density at radius 1 is 1.56 bits per heavy atom. The molecule has 0 spiro atoms. The molecule has 1 aromatic heterocycles. The number of aliphatic hydroxyl groups is 1. The van der Waals surface area contributed by atoms with Crippen molar-refractivity contribution < 1.29 is 13.5 Å². The molecule has 102 valence electrons. The summed E-state index contributed by atoms with van der Waals surface area (Å²) in [6, 6.07) is 1.74. The van der Waals surface area contributed by atoms with E-state index in [-0.39, 0.29) is 12.6 Å². The fraction of sp³-hybridized carbons (Fsp3) is 0.667. The summed E-state index contributed by atoms with van der Waals surface area (Å²) >= 11 is 1.35. The second-order valence-corrected chi connectivity index (χ2v) is 7.81. The maximum absolute atomic E-state index is 12.6. The Balaban J connectivity index is 2.38. The minimum Gasteiger partial charge on any atom is -0.391 e. The van der Waals surface area contributed by atoms with Gasteiger partial charge in [-0.3, -0.25) is 0 Å². The molecule has 2 rings (SSSR count). The molecule has 1 aromatic rings. The quantitative estimate of drug-likeness (QED) is 0.923. The fourth-order valence-corrected chi connectivity index (χ4v) is 5.75. The Kier molecular flexibility index (Phi) is 4.11. The summed E-state index contributed by atoms with van der Waals surface area (Å²) in [6.07, 6.45) is 2.74. The number of nitrogens with zero attached hydrogens (tertiary/aromatic N) is 1. The molecule has 1 fully saturated rings. The van der Waals surface area contributed by atoms with Crippen molar-refractivity contribution in [1.82, 2.24) is 4.31 Å². The molecule has 1 N–H and O–H groups in total. The predicted molar refractivity (Wildman–Crippen MR) is 72.2 cm³/mol. The van der Waals surface area contributed by atoms with Crippen LogP contribution in [0.5, 0.6) is 0 Å². The summed E-state index contributed by atoms with van der Waals surface area (Å²) in [5, 5.41) is 9.11. The first-order valence-electron chi connectivity index (χ1n) is 6.22. The number of rotatable bonds is 4. The van der Waals surface area contributed by atoms with Crippen molar-refractivity contribution in [2.75, 3.05) is 6.54 Å². The van der Waals surface area contributed by atoms with Gasteiger partial charge in [0.15, 0.2) is 0 Å². The van der Waals surface area contributed by atoms with E-state index in [0.29, 0.717) is 16.3 Å². The van der Waals surface area contributed by atoms with Crippen LogP contribution >= 0.6 is 11.3 Å². The van der Waals surface area contributed by atoms with Crippen molar-refractivity contribution in [3.63, 3.8) is 0 Å². The molecule has 0 amide bonds. The normalized spacial score (nSPS) is 21.6. The lowest BCUT2D eigenvalue weighted by Gasteiger charge is -2.22. The summed E-state index contributed by atoms with van der Waals surface area (Å²) in [6.45, 7) is 4.34. The van der Waals surface area contributed by atoms with E-state index in [9.17, 15) is 8.42 Å². The van der Waals surface area contributed by atoms with Gasteiger partial charge < -0.3 is 5.11 Å². The Hall–Kier alpha value is -0.430. The molecule has 0 radical (unpaired) electrons. The number of hydrogen-bond acceptors (Lipinski definition) is 4. The van der Waals surface area contributed by atoms with Crippen LogP contribution in [-0.2, 0) is 16.6 Å². The molecular weight excluding hydrogens is 270 g/mol. The van der Waals surface area contributed by atoms with Crippen molar-refractivity contribution >= 4 is 21.4 Å². The lowest BCUT2D eigenvalue weighted by molar-refractivity contribution is 0.285. The highest BCUT2D eigenvalue weighted by molar-refractivity contribution is 7.89. The van der Waals surface area contributed by atoms with Gasteiger partial charge in [-0.1, -0.05) is 6.92 Å². The summed E-state index contributed by atoms with van der Waals surface area (Å²) in [5.74, 6) is 0. The molecule has 1 unspecified atom stereocenters. The summed E-state index contributed by atoms with van der Waals surface area (Å²) in [4.78, 5) is 1.84. The van der Waals surface area contributed by atoms with Gasteiger partial charge in [0.2, 0.25) is 10.0 Å². The fourth-order valence-electron chi connectivity index (χ4n) is 2.52. The van der Waals surface area contributed by atoms with Gasteiger partial charge in [-0.15, -0.1) is 11.3 Å². The monoisotopic (exact) mass is 289 g/mol. The summed E-state index contributed by atoms with van der Waals surface area (Å²) in [7, 11) is -3.39. The van der Waals surface area contributed by atoms with E-state index in [0.717, 1.165) is 24.1 Å². The Bertz CT molecular complexity index is 521. The highest BCUT2D eigenvalue weighted by Crippen LogP contribution is 2.32. The number of aliphatic hydroxyl groups excluding tert-OH is 1. The van der Waals surface area contributed by atoms with Gasteiger partial charge in [0.05, 0.1) is 11.5 Å². The lowest BCUT2D eigenvalue weighted by Crippen LogP contribution is -2.35. The molecule has 0 aromatic carbocycles. The van der Waals surface area contributed by atoms with Crippen LogP contribution in [-0.4, -0.2) is 30.4 Å². The van der Waals surface area contributed by atoms with Crippen LogP contribution in [0.2, 0.25) is 0 Å². The largest absolute Gasteiger partial charge is 0.391 e. The molecule has 6 heteroatoms. The molecule has 0 saturated carbocycles. The highest BCUT2D eigenvalue weighted by atomic mass is 32.2. The van der Waals surface area contributed by atoms with Gasteiger partial charge in [0, 0.05) is 22.3 Å². The zero-order valence-electron chi connectivity index (χ0n) is 10.7. The Labute approximate surface area is 112 Å². The van der Waals surface area contributed by atoms with Crippen LogP contribution in [0.25, 0.3) is 0 Å². The minimum atomic E-state index is -3.39. The first kappa shape index (κ1) is 14.0. The highest BCUT2D eigenvalue weighted by Gasteiger charge is 2.35. The molecule has 4 nitrogen and oxygen atoms in total. The molecule has 18 heavy (non-hydrogen) atoms. The number of thiophene rings is 1. The van der Waals surface area contributed by atoms with E-state index in [1.54, 1.807) is 17.3 Å². The zero-order valence-corrected chi connectivity index (χ0v) is 12.4. The summed E-state index contributed by atoms with van der Waals surface area (Å²) in [5.41, 5.74) is 0. The van der Waals surface area contributed by atoms with Crippen LogP contribution in [0.3, 0.4) is 0 Å². The van der Waals surface area contributed by atoms with E-state index in [1.165, 1.54) is 11.3 Å². The molecule has 2 heterocycles. The maximum Gasteiger partial charge on any atom is 0.244 e. The van der Waals surface area contributed by atoms with E-state index < -0.39 is 10.0 Å². The zero-order chi connectivity index (χ0) is 13.3. The van der Waals surface area contributed by atoms with Gasteiger partial charge in [0.25, 0.3) is 0 Å². The van der Waals surface area contributed by atoms with Crippen molar-refractivity contribution in [3.8, 4) is 0 Å². The van der Waals surface area contributed by atoms with Crippen LogP contribution in [0, 0.1) is 6.92 Å². The van der Waals surface area contributed by atoms with Gasteiger partial charge >= 0.3 is 0 Å². The van der Waals surface area contributed by atoms with Crippen molar-refractivity contribution in [1.29, 1.82) is 0 Å². The van der Waals surface area contributed by atoms with Crippen LogP contribution in [0.4, 0.5) is 0 Å². The van der Waals surface area contributed by atoms with E-state index in [2.05, 4.69) is 0 Å². The molecule has 1 atom stereocenters. The van der Waals surface area contributed by atoms with Crippen molar-refractivity contribution in [2.45, 2.75) is 50.7 Å². The van der Waals surface area contributed by atoms with Crippen LogP contribution in [0.15, 0.2) is 11.0 Å². The third-order valence-corrected chi connectivity index (χ3v) is 6.70. The maximum atomic E-state index is 12.6. The lowest BCUT2D eigenvalue weighted by atomic mass is 10.2. The third-order valence-electron chi connectivity index (χ3n) is 3.46. The number of sulfonamides is 1. The average molecular weight is 289 g/mol. The molecular formula is C12H19NO3S2. The molecule has 1 aliphatic heterocycles. The topological polar surface area (TPSA) is 57.6 Å². The van der Waals surface area contributed by atoms with E-state index in [1.807, 2.05) is 6.92 Å². The Morgan fingerprint density at radius 2 is 2.28 bits per heavy atom. The summed E-state index contributed by atoms with van der Waals surface area (Å²) < 4.78 is 26.8. The van der Waals surface area contributed by atoms with E-state index in [4.69, 9.17) is 5.11 Å². The van der Waals surface area contributed by atoms with Gasteiger partial charge in [-0.25, -0.2) is 8.42 Å². The first-order valence-corrected chi connectivity index (χ1v) is 8.48. The molecule has 0 aliphatic carbocycles. The Morgan fingerprint density at radius 3 is 2.83 bits per heavy atom. The third kappa shape index (κ3) is 2.34. The van der Waals surface area contributed by atoms with Crippen molar-refractivity contribution in [3.05, 3.63) is 15.8 Å². The van der Waals surface area contributed by atoms with E-state index >= 15 is 0 Å². The van der Waals surface area contributed by atoms with Gasteiger partial charge in [-0.05, 0) is 32.3 Å². The predicted octanol–water partition coefficient (Wildman–Crippen LogP) is 2.11. The molecule has 0 bridgehead atoms. The van der Waals surface area contributed by atoms with Crippen molar-refractivity contribution in [2.24, 2.45) is 0 Å². The number of hydrogen-bond donors (Lipinski definition) is 1. The van der Waals surface area contributed by atoms with Gasteiger partial charge in [0.1, 0.15) is 0 Å². The minimum absolute atomic E-state index is 0.0990. The average Bonchev–Trinajstić information content (AvgIpc) is 2.94. The smallest absolute Gasteiger partial charge is 0.244 e. The standard InChI is InChI=1S/C12H19NO3S2/c1-3-10-5-4-6-13(10)18(15,16)12-7-11(8-14)17-9(12)2/h7,10,14H,3-6,8H2,1-2H3. The number of aryl methyl sites for hydroxylation is 1. The second kappa shape index (κ2) is 5.28. The van der Waals surface area contributed by atoms with Gasteiger partial charge in [-0.2, -0.15) is 4.31 Å². The molecule has 1 saturated heterocycles. The first-order chi connectivity index (χ1) is 8.50. The van der Waals surface area contributed by atoms with Crippen LogP contribution in [0.1, 0.15) is 35.9 Å². The SMILES string of the molecule is CCC1CCCN1S(=O)(=O)c1cc(CO)sc1C. The second-order valence-electron chi connectivity index (χ2n) is 4.61. The van der Waals surface area contributed by atoms with Crippen LogP contribution < -0.4 is 0 Å². The molecule has 1 aliphatic rings.